The molecule has 0 spiro atoms. The number of carboxylic acids is 1. The number of hydrogen-bond acceptors (Lipinski definition) is 5. The van der Waals surface area contributed by atoms with E-state index in [4.69, 9.17) is 5.11 Å². The standard InChI is InChI=1S/C18H24N4O4S/c1-10-12-8-13(27-17(12)22(3)21-10)16(26)19-11(2)15(25)20-18(9-14(23)24)6-4-5-7-18/h8,11H,4-7,9H2,1-3H3,(H,19,26)(H,20,25)(H,23,24). The molecule has 2 heterocycles. The smallest absolute Gasteiger partial charge is 0.305 e. The molecule has 0 aliphatic heterocycles. The van der Waals surface area contributed by atoms with Crippen LogP contribution in [0.15, 0.2) is 6.07 Å². The van der Waals surface area contributed by atoms with Gasteiger partial charge in [0.2, 0.25) is 5.91 Å². The fourth-order valence-corrected chi connectivity index (χ4v) is 4.73. The summed E-state index contributed by atoms with van der Waals surface area (Å²) in [6.07, 6.45) is 2.98. The second kappa shape index (κ2) is 7.30. The van der Waals surface area contributed by atoms with Crippen molar-refractivity contribution in [2.24, 2.45) is 7.05 Å². The summed E-state index contributed by atoms with van der Waals surface area (Å²) in [5, 5.41) is 20.0. The van der Waals surface area contributed by atoms with Crippen molar-refractivity contribution in [3.05, 3.63) is 16.6 Å². The van der Waals surface area contributed by atoms with Gasteiger partial charge in [-0.25, -0.2) is 0 Å². The van der Waals surface area contributed by atoms with Gasteiger partial charge in [0.25, 0.3) is 5.91 Å². The summed E-state index contributed by atoms with van der Waals surface area (Å²) >= 11 is 1.33. The molecule has 1 atom stereocenters. The van der Waals surface area contributed by atoms with Crippen molar-refractivity contribution in [3.63, 3.8) is 0 Å². The Morgan fingerprint density at radius 1 is 1.37 bits per heavy atom. The van der Waals surface area contributed by atoms with Crippen LogP contribution in [0.25, 0.3) is 10.2 Å². The minimum atomic E-state index is -0.928. The molecular formula is C18H24N4O4S. The summed E-state index contributed by atoms with van der Waals surface area (Å²) in [5.74, 6) is -1.61. The molecule has 1 fully saturated rings. The number of nitrogens with one attached hydrogen (secondary N) is 2. The Hall–Kier alpha value is -2.42. The molecule has 0 aromatic carbocycles. The van der Waals surface area contributed by atoms with E-state index >= 15 is 0 Å². The van der Waals surface area contributed by atoms with Gasteiger partial charge < -0.3 is 15.7 Å². The van der Waals surface area contributed by atoms with E-state index in [9.17, 15) is 14.4 Å². The zero-order chi connectivity index (χ0) is 19.8. The van der Waals surface area contributed by atoms with E-state index in [2.05, 4.69) is 15.7 Å². The summed E-state index contributed by atoms with van der Waals surface area (Å²) in [7, 11) is 1.83. The Kier molecular flexibility index (Phi) is 5.23. The highest BCUT2D eigenvalue weighted by Gasteiger charge is 2.38. The Labute approximate surface area is 160 Å². The van der Waals surface area contributed by atoms with E-state index in [0.717, 1.165) is 28.8 Å². The number of nitrogens with zero attached hydrogens (tertiary/aromatic N) is 2. The summed E-state index contributed by atoms with van der Waals surface area (Å²) < 4.78 is 1.73. The molecule has 0 bridgehead atoms. The Morgan fingerprint density at radius 3 is 2.63 bits per heavy atom. The van der Waals surface area contributed by atoms with E-state index in [0.29, 0.717) is 17.7 Å². The first kappa shape index (κ1) is 19.3. The van der Waals surface area contributed by atoms with Crippen LogP contribution >= 0.6 is 11.3 Å². The second-order valence-corrected chi connectivity index (χ2v) is 8.31. The van der Waals surface area contributed by atoms with Gasteiger partial charge >= 0.3 is 5.97 Å². The maximum absolute atomic E-state index is 12.6. The number of carbonyl (C=O) groups excluding carboxylic acids is 2. The molecule has 0 saturated heterocycles. The third-order valence-electron chi connectivity index (χ3n) is 5.10. The van der Waals surface area contributed by atoms with E-state index < -0.39 is 17.6 Å². The largest absolute Gasteiger partial charge is 0.481 e. The lowest BCUT2D eigenvalue weighted by atomic mass is 9.93. The van der Waals surface area contributed by atoms with Gasteiger partial charge in [0.15, 0.2) is 0 Å². The van der Waals surface area contributed by atoms with Crippen LogP contribution in [0.4, 0.5) is 0 Å². The van der Waals surface area contributed by atoms with Crippen LogP contribution in [-0.4, -0.2) is 44.3 Å². The van der Waals surface area contributed by atoms with Crippen molar-refractivity contribution >= 4 is 39.3 Å². The lowest BCUT2D eigenvalue weighted by Gasteiger charge is -2.30. The minimum Gasteiger partial charge on any atom is -0.481 e. The molecule has 1 aliphatic carbocycles. The van der Waals surface area contributed by atoms with Gasteiger partial charge in [-0.05, 0) is 32.8 Å². The number of carboxylic acid groups (broad SMARTS) is 1. The molecule has 3 rings (SSSR count). The normalized spacial score (nSPS) is 17.0. The highest BCUT2D eigenvalue weighted by atomic mass is 32.1. The molecule has 9 heteroatoms. The molecule has 27 heavy (non-hydrogen) atoms. The number of thiophene rings is 1. The van der Waals surface area contributed by atoms with E-state index in [-0.39, 0.29) is 18.2 Å². The van der Waals surface area contributed by atoms with Gasteiger partial charge in [-0.15, -0.1) is 11.3 Å². The number of amides is 2. The lowest BCUT2D eigenvalue weighted by Crippen LogP contribution is -2.54. The first-order chi connectivity index (χ1) is 12.7. The van der Waals surface area contributed by atoms with Crippen molar-refractivity contribution in [2.45, 2.75) is 57.5 Å². The monoisotopic (exact) mass is 392 g/mol. The van der Waals surface area contributed by atoms with Gasteiger partial charge in [-0.2, -0.15) is 5.10 Å². The molecule has 2 aromatic heterocycles. The first-order valence-corrected chi connectivity index (χ1v) is 9.80. The quantitative estimate of drug-likeness (QED) is 0.695. The fourth-order valence-electron chi connectivity index (χ4n) is 3.71. The van der Waals surface area contributed by atoms with Gasteiger partial charge in [-0.3, -0.25) is 19.1 Å². The zero-order valence-corrected chi connectivity index (χ0v) is 16.5. The third kappa shape index (κ3) is 3.97. The van der Waals surface area contributed by atoms with Crippen LogP contribution in [0, 0.1) is 6.92 Å². The molecule has 1 aliphatic rings. The summed E-state index contributed by atoms with van der Waals surface area (Å²) in [5.41, 5.74) is 0.146. The minimum absolute atomic E-state index is 0.0952. The molecule has 1 unspecified atom stereocenters. The average molecular weight is 392 g/mol. The summed E-state index contributed by atoms with van der Waals surface area (Å²) in [6, 6.07) is 1.03. The molecule has 146 valence electrons. The van der Waals surface area contributed by atoms with Gasteiger partial charge in [0.1, 0.15) is 10.9 Å². The highest BCUT2D eigenvalue weighted by Crippen LogP contribution is 2.33. The van der Waals surface area contributed by atoms with E-state index in [1.807, 2.05) is 14.0 Å². The van der Waals surface area contributed by atoms with Crippen molar-refractivity contribution < 1.29 is 19.5 Å². The molecule has 2 aromatic rings. The first-order valence-electron chi connectivity index (χ1n) is 8.98. The number of aliphatic carboxylic acids is 1. The second-order valence-electron chi connectivity index (χ2n) is 7.28. The average Bonchev–Trinajstić information content (AvgIpc) is 3.26. The SMILES string of the molecule is Cc1nn(C)c2sc(C(=O)NC(C)C(=O)NC3(CC(=O)O)CCCC3)cc12. The molecule has 3 N–H and O–H groups in total. The van der Waals surface area contributed by atoms with Crippen molar-refractivity contribution in [1.29, 1.82) is 0 Å². The van der Waals surface area contributed by atoms with Crippen molar-refractivity contribution in [3.8, 4) is 0 Å². The predicted octanol–water partition coefficient (Wildman–Crippen LogP) is 1.97. The van der Waals surface area contributed by atoms with Crippen LogP contribution < -0.4 is 10.6 Å². The molecular weight excluding hydrogens is 368 g/mol. The molecule has 8 nitrogen and oxygen atoms in total. The topological polar surface area (TPSA) is 113 Å². The highest BCUT2D eigenvalue weighted by molar-refractivity contribution is 7.20. The Morgan fingerprint density at radius 2 is 2.04 bits per heavy atom. The number of hydrogen-bond donors (Lipinski definition) is 3. The lowest BCUT2D eigenvalue weighted by molar-refractivity contribution is -0.139. The van der Waals surface area contributed by atoms with Crippen LogP contribution in [0.1, 0.15) is 54.4 Å². The predicted molar refractivity (Wildman–Crippen MR) is 102 cm³/mol. The Bertz CT molecular complexity index is 860. The number of aromatic nitrogens is 2. The maximum atomic E-state index is 12.6. The molecule has 2 amide bonds. The van der Waals surface area contributed by atoms with Crippen LogP contribution in [0.3, 0.4) is 0 Å². The zero-order valence-electron chi connectivity index (χ0n) is 15.7. The number of aryl methyl sites for hydroxylation is 2. The fraction of sp³-hybridized carbons (Fsp3) is 0.556. The van der Waals surface area contributed by atoms with Crippen LogP contribution in [-0.2, 0) is 16.6 Å². The summed E-state index contributed by atoms with van der Waals surface area (Å²) in [4.78, 5) is 37.7. The molecule has 0 radical (unpaired) electrons. The van der Waals surface area contributed by atoms with Crippen LogP contribution in [0.2, 0.25) is 0 Å². The van der Waals surface area contributed by atoms with Crippen molar-refractivity contribution in [2.75, 3.05) is 0 Å². The van der Waals surface area contributed by atoms with Gasteiger partial charge in [0, 0.05) is 12.4 Å². The van der Waals surface area contributed by atoms with Gasteiger partial charge in [0.05, 0.1) is 22.5 Å². The van der Waals surface area contributed by atoms with Crippen molar-refractivity contribution in [1.82, 2.24) is 20.4 Å². The maximum Gasteiger partial charge on any atom is 0.305 e. The number of carbonyl (C=O) groups is 3. The van der Waals surface area contributed by atoms with Gasteiger partial charge in [-0.1, -0.05) is 12.8 Å². The summed E-state index contributed by atoms with van der Waals surface area (Å²) in [6.45, 7) is 3.49. The Balaban J connectivity index is 1.67. The number of rotatable bonds is 6. The van der Waals surface area contributed by atoms with E-state index in [1.165, 1.54) is 11.3 Å². The van der Waals surface area contributed by atoms with Crippen LogP contribution in [0.5, 0.6) is 0 Å². The third-order valence-corrected chi connectivity index (χ3v) is 6.30. The van der Waals surface area contributed by atoms with E-state index in [1.54, 1.807) is 17.7 Å². The molecule has 1 saturated carbocycles. The number of fused-ring (bicyclic) bond motifs is 1.